The van der Waals surface area contributed by atoms with Crippen molar-refractivity contribution in [2.45, 2.75) is 57.0 Å². The first-order valence-electron chi connectivity index (χ1n) is 9.79. The van der Waals surface area contributed by atoms with Gasteiger partial charge in [0.05, 0.1) is 5.00 Å². The summed E-state index contributed by atoms with van der Waals surface area (Å²) in [6.07, 6.45) is 7.44. The quantitative estimate of drug-likeness (QED) is 0.316. The molecule has 0 spiro atoms. The summed E-state index contributed by atoms with van der Waals surface area (Å²) in [6.45, 7) is 2.75. The first-order chi connectivity index (χ1) is 12.7. The number of halogens is 1. The Morgan fingerprint density at radius 2 is 1.89 bits per heavy atom. The van der Waals surface area contributed by atoms with E-state index in [0.29, 0.717) is 25.0 Å². The Labute approximate surface area is 183 Å². The molecule has 8 heteroatoms. The second-order valence-electron chi connectivity index (χ2n) is 7.15. The molecule has 0 aromatic carbocycles. The number of piperidine rings is 1. The Kier molecular flexibility index (Phi) is 9.67. The zero-order valence-electron chi connectivity index (χ0n) is 16.1. The van der Waals surface area contributed by atoms with Gasteiger partial charge in [-0.05, 0) is 43.2 Å². The van der Waals surface area contributed by atoms with Crippen LogP contribution in [-0.4, -0.2) is 50.6 Å². The molecular formula is C19H32IN5OS. The predicted octanol–water partition coefficient (Wildman–Crippen LogP) is 2.95. The number of anilines is 1. The minimum absolute atomic E-state index is 0. The van der Waals surface area contributed by atoms with Gasteiger partial charge >= 0.3 is 0 Å². The molecular weight excluding hydrogens is 473 g/mol. The molecule has 1 aliphatic heterocycles. The number of rotatable bonds is 6. The van der Waals surface area contributed by atoms with Crippen LogP contribution in [0.4, 0.5) is 5.00 Å². The second-order valence-corrected chi connectivity index (χ2v) is 8.08. The van der Waals surface area contributed by atoms with Gasteiger partial charge in [-0.3, -0.25) is 9.79 Å². The number of hydrogen-bond donors (Lipinski definition) is 3. The molecule has 1 amide bonds. The molecule has 2 heterocycles. The average molecular weight is 505 g/mol. The molecule has 0 bridgehead atoms. The SMILES string of the molecule is CN=C(NCCC(=O)NC1CCCC1)NC1CCN(c2cccs2)CC1.I. The molecule has 0 unspecified atom stereocenters. The van der Waals surface area contributed by atoms with E-state index < -0.39 is 0 Å². The largest absolute Gasteiger partial charge is 0.363 e. The molecule has 1 aromatic rings. The molecule has 1 aliphatic carbocycles. The molecule has 1 saturated heterocycles. The van der Waals surface area contributed by atoms with Gasteiger partial charge in [0.2, 0.25) is 5.91 Å². The number of nitrogens with one attached hydrogen (secondary N) is 3. The van der Waals surface area contributed by atoms with E-state index in [1.807, 2.05) is 0 Å². The van der Waals surface area contributed by atoms with Crippen molar-refractivity contribution in [1.82, 2.24) is 16.0 Å². The normalized spacial score (nSPS) is 18.9. The lowest BCUT2D eigenvalue weighted by atomic mass is 10.1. The first-order valence-corrected chi connectivity index (χ1v) is 10.7. The zero-order chi connectivity index (χ0) is 18.2. The van der Waals surface area contributed by atoms with E-state index in [4.69, 9.17) is 0 Å². The fraction of sp³-hybridized carbons (Fsp3) is 0.684. The number of guanidine groups is 1. The molecule has 1 saturated carbocycles. The van der Waals surface area contributed by atoms with E-state index in [0.717, 1.165) is 44.7 Å². The maximum absolute atomic E-state index is 12.0. The highest BCUT2D eigenvalue weighted by Gasteiger charge is 2.21. The lowest BCUT2D eigenvalue weighted by molar-refractivity contribution is -0.121. The van der Waals surface area contributed by atoms with Crippen molar-refractivity contribution in [2.24, 2.45) is 4.99 Å². The Hall–Kier alpha value is -1.03. The van der Waals surface area contributed by atoms with Gasteiger partial charge in [0.1, 0.15) is 0 Å². The molecule has 0 atom stereocenters. The average Bonchev–Trinajstić information content (AvgIpc) is 3.35. The van der Waals surface area contributed by atoms with Crippen LogP contribution >= 0.6 is 35.3 Å². The highest BCUT2D eigenvalue weighted by atomic mass is 127. The van der Waals surface area contributed by atoms with Gasteiger partial charge in [0.25, 0.3) is 0 Å². The third-order valence-corrected chi connectivity index (χ3v) is 6.17. The van der Waals surface area contributed by atoms with E-state index >= 15 is 0 Å². The van der Waals surface area contributed by atoms with E-state index in [1.165, 1.54) is 17.8 Å². The van der Waals surface area contributed by atoms with Gasteiger partial charge in [0.15, 0.2) is 5.96 Å². The molecule has 6 nitrogen and oxygen atoms in total. The smallest absolute Gasteiger partial charge is 0.221 e. The lowest BCUT2D eigenvalue weighted by Gasteiger charge is -2.33. The summed E-state index contributed by atoms with van der Waals surface area (Å²) in [5.41, 5.74) is 0. The minimum atomic E-state index is 0. The summed E-state index contributed by atoms with van der Waals surface area (Å²) in [5, 5.41) is 13.4. The molecule has 27 heavy (non-hydrogen) atoms. The fourth-order valence-electron chi connectivity index (χ4n) is 3.75. The highest BCUT2D eigenvalue weighted by Crippen LogP contribution is 2.24. The summed E-state index contributed by atoms with van der Waals surface area (Å²) >= 11 is 1.81. The van der Waals surface area contributed by atoms with E-state index in [1.54, 1.807) is 18.4 Å². The van der Waals surface area contributed by atoms with Crippen LogP contribution in [0.3, 0.4) is 0 Å². The third-order valence-electron chi connectivity index (χ3n) is 5.24. The molecule has 152 valence electrons. The van der Waals surface area contributed by atoms with Gasteiger partial charge in [-0.1, -0.05) is 12.8 Å². The second kappa shape index (κ2) is 11.7. The van der Waals surface area contributed by atoms with Gasteiger partial charge in [-0.15, -0.1) is 35.3 Å². The summed E-state index contributed by atoms with van der Waals surface area (Å²) in [4.78, 5) is 18.7. The lowest BCUT2D eigenvalue weighted by Crippen LogP contribution is -2.49. The topological polar surface area (TPSA) is 68.8 Å². The van der Waals surface area contributed by atoms with Crippen LogP contribution in [0.2, 0.25) is 0 Å². The van der Waals surface area contributed by atoms with Gasteiger partial charge in [-0.2, -0.15) is 0 Å². The molecule has 2 fully saturated rings. The number of amides is 1. The standard InChI is InChI=1S/C19H31N5OS.HI/c1-20-19(21-11-8-17(25)22-15-5-2-3-6-15)23-16-9-12-24(13-10-16)18-7-4-14-26-18;/h4,7,14-16H,2-3,5-6,8-13H2,1H3,(H,22,25)(H2,20,21,23);1H. The number of aliphatic imine (C=N–C) groups is 1. The highest BCUT2D eigenvalue weighted by molar-refractivity contribution is 14.0. The predicted molar refractivity (Wildman–Crippen MR) is 124 cm³/mol. The van der Waals surface area contributed by atoms with Crippen molar-refractivity contribution in [2.75, 3.05) is 31.6 Å². The molecule has 2 aliphatic rings. The molecule has 3 rings (SSSR count). The molecule has 0 radical (unpaired) electrons. The van der Waals surface area contributed by atoms with Gasteiger partial charge < -0.3 is 20.9 Å². The number of thiophene rings is 1. The maximum atomic E-state index is 12.0. The van der Waals surface area contributed by atoms with Crippen LogP contribution in [0.1, 0.15) is 44.9 Å². The maximum Gasteiger partial charge on any atom is 0.221 e. The van der Waals surface area contributed by atoms with Crippen molar-refractivity contribution in [1.29, 1.82) is 0 Å². The van der Waals surface area contributed by atoms with Crippen LogP contribution in [0.5, 0.6) is 0 Å². The Balaban J connectivity index is 0.00000261. The van der Waals surface area contributed by atoms with Gasteiger partial charge in [-0.25, -0.2) is 0 Å². The molecule has 1 aromatic heterocycles. The van der Waals surface area contributed by atoms with E-state index in [2.05, 4.69) is 43.4 Å². The Bertz CT molecular complexity index is 581. The Morgan fingerprint density at radius 1 is 1.19 bits per heavy atom. The van der Waals surface area contributed by atoms with Crippen molar-refractivity contribution < 1.29 is 4.79 Å². The first kappa shape index (κ1) is 22.3. The Morgan fingerprint density at radius 3 is 2.52 bits per heavy atom. The minimum Gasteiger partial charge on any atom is -0.363 e. The van der Waals surface area contributed by atoms with Crippen LogP contribution in [0.25, 0.3) is 0 Å². The van der Waals surface area contributed by atoms with Crippen LogP contribution < -0.4 is 20.9 Å². The van der Waals surface area contributed by atoms with Gasteiger partial charge in [0, 0.05) is 45.2 Å². The van der Waals surface area contributed by atoms with E-state index in [-0.39, 0.29) is 29.9 Å². The van der Waals surface area contributed by atoms with E-state index in [9.17, 15) is 4.79 Å². The number of carbonyl (C=O) groups is 1. The van der Waals surface area contributed by atoms with Crippen molar-refractivity contribution in [3.8, 4) is 0 Å². The van der Waals surface area contributed by atoms with Crippen molar-refractivity contribution in [3.05, 3.63) is 17.5 Å². The number of hydrogen-bond acceptors (Lipinski definition) is 4. The monoisotopic (exact) mass is 505 g/mol. The van der Waals surface area contributed by atoms with Crippen LogP contribution in [0.15, 0.2) is 22.5 Å². The molecule has 3 N–H and O–H groups in total. The zero-order valence-corrected chi connectivity index (χ0v) is 19.2. The summed E-state index contributed by atoms with van der Waals surface area (Å²) < 4.78 is 0. The van der Waals surface area contributed by atoms with Crippen molar-refractivity contribution >= 4 is 52.2 Å². The number of nitrogens with zero attached hydrogens (tertiary/aromatic N) is 2. The van der Waals surface area contributed by atoms with Crippen LogP contribution in [-0.2, 0) is 4.79 Å². The van der Waals surface area contributed by atoms with Crippen molar-refractivity contribution in [3.63, 3.8) is 0 Å². The summed E-state index contributed by atoms with van der Waals surface area (Å²) in [5.74, 6) is 0.942. The third kappa shape index (κ3) is 7.14. The number of carbonyl (C=O) groups excluding carboxylic acids is 1. The summed E-state index contributed by atoms with van der Waals surface area (Å²) in [6, 6.07) is 5.13. The fourth-order valence-corrected chi connectivity index (χ4v) is 4.53. The summed E-state index contributed by atoms with van der Waals surface area (Å²) in [7, 11) is 1.79. The van der Waals surface area contributed by atoms with Crippen LogP contribution in [0, 0.1) is 0 Å².